The zero-order chi connectivity index (χ0) is 13.0. The molecule has 1 unspecified atom stereocenters. The fraction of sp³-hybridized carbons (Fsp3) is 0.600. The Morgan fingerprint density at radius 3 is 2.50 bits per heavy atom. The van der Waals surface area contributed by atoms with Crippen LogP contribution in [0.1, 0.15) is 26.7 Å². The lowest BCUT2D eigenvalue weighted by Crippen LogP contribution is -2.55. The summed E-state index contributed by atoms with van der Waals surface area (Å²) in [6, 6.07) is 10.8. The summed E-state index contributed by atoms with van der Waals surface area (Å²) in [6.45, 7) is 4.54. The normalized spacial score (nSPS) is 18.9. The summed E-state index contributed by atoms with van der Waals surface area (Å²) in [6.07, 6.45) is 2.49. The third-order valence-corrected chi connectivity index (χ3v) is 4.72. The first kappa shape index (κ1) is 13.9. The number of thioether (sulfide) groups is 1. The molecule has 1 aromatic carbocycles. The van der Waals surface area contributed by atoms with Gasteiger partial charge in [0.25, 0.3) is 0 Å². The average Bonchev–Trinajstić information content (AvgIpc) is 3.20. The van der Waals surface area contributed by atoms with Crippen molar-refractivity contribution in [1.82, 2.24) is 5.32 Å². The molecule has 1 aromatic rings. The molecule has 3 heteroatoms. The standard InChI is InChI=1S/C15H23NOS/c1-12(2)16-15(10-17,13-8-9-13)11-18-14-6-4-3-5-7-14/h3-7,12-13,16-17H,8-11H2,1-2H3. The number of nitrogens with one attached hydrogen (secondary N) is 1. The second-order valence-corrected chi connectivity index (χ2v) is 6.54. The van der Waals surface area contributed by atoms with Crippen molar-refractivity contribution in [3.8, 4) is 0 Å². The molecule has 0 heterocycles. The predicted octanol–water partition coefficient (Wildman–Crippen LogP) is 2.92. The van der Waals surface area contributed by atoms with Gasteiger partial charge in [-0.05, 0) is 30.9 Å². The van der Waals surface area contributed by atoms with Crippen molar-refractivity contribution in [1.29, 1.82) is 0 Å². The van der Waals surface area contributed by atoms with E-state index in [1.54, 1.807) is 0 Å². The van der Waals surface area contributed by atoms with Crippen molar-refractivity contribution in [3.63, 3.8) is 0 Å². The average molecular weight is 265 g/mol. The van der Waals surface area contributed by atoms with E-state index < -0.39 is 0 Å². The molecule has 0 radical (unpaired) electrons. The molecule has 0 aliphatic heterocycles. The van der Waals surface area contributed by atoms with Crippen LogP contribution in [-0.4, -0.2) is 29.0 Å². The minimum atomic E-state index is -0.103. The topological polar surface area (TPSA) is 32.3 Å². The fourth-order valence-electron chi connectivity index (χ4n) is 2.44. The number of aliphatic hydroxyl groups is 1. The fourth-order valence-corrected chi connectivity index (χ4v) is 3.62. The highest BCUT2D eigenvalue weighted by atomic mass is 32.2. The SMILES string of the molecule is CC(C)NC(CO)(CSc1ccccc1)C1CC1. The van der Waals surface area contributed by atoms with E-state index in [0.717, 1.165) is 5.75 Å². The lowest BCUT2D eigenvalue weighted by molar-refractivity contribution is 0.150. The molecule has 1 aliphatic carbocycles. The van der Waals surface area contributed by atoms with Crippen molar-refractivity contribution in [2.24, 2.45) is 5.92 Å². The lowest BCUT2D eigenvalue weighted by atomic mass is 9.95. The zero-order valence-corrected chi connectivity index (χ0v) is 12.0. The molecule has 100 valence electrons. The Morgan fingerprint density at radius 1 is 1.33 bits per heavy atom. The van der Waals surface area contributed by atoms with Gasteiger partial charge in [-0.15, -0.1) is 11.8 Å². The molecule has 1 fully saturated rings. The van der Waals surface area contributed by atoms with Crippen molar-refractivity contribution < 1.29 is 5.11 Å². The van der Waals surface area contributed by atoms with Crippen molar-refractivity contribution in [2.45, 2.75) is 43.2 Å². The summed E-state index contributed by atoms with van der Waals surface area (Å²) in [5, 5.41) is 13.4. The van der Waals surface area contributed by atoms with Crippen LogP contribution < -0.4 is 5.32 Å². The summed E-state index contributed by atoms with van der Waals surface area (Å²) in [5.41, 5.74) is -0.103. The Labute approximate surface area is 114 Å². The van der Waals surface area contributed by atoms with Gasteiger partial charge in [0, 0.05) is 16.7 Å². The summed E-state index contributed by atoms with van der Waals surface area (Å²) < 4.78 is 0. The van der Waals surface area contributed by atoms with E-state index in [-0.39, 0.29) is 12.1 Å². The van der Waals surface area contributed by atoms with Gasteiger partial charge >= 0.3 is 0 Å². The Morgan fingerprint density at radius 2 is 2.00 bits per heavy atom. The van der Waals surface area contributed by atoms with Gasteiger partial charge in [0.1, 0.15) is 0 Å². The van der Waals surface area contributed by atoms with E-state index in [9.17, 15) is 5.11 Å². The van der Waals surface area contributed by atoms with Crippen molar-refractivity contribution >= 4 is 11.8 Å². The van der Waals surface area contributed by atoms with E-state index in [2.05, 4.69) is 43.4 Å². The highest BCUT2D eigenvalue weighted by Crippen LogP contribution is 2.42. The first-order valence-electron chi connectivity index (χ1n) is 6.73. The largest absolute Gasteiger partial charge is 0.394 e. The monoisotopic (exact) mass is 265 g/mol. The maximum absolute atomic E-state index is 9.84. The number of hydrogen-bond donors (Lipinski definition) is 2. The molecule has 2 rings (SSSR count). The Balaban J connectivity index is 2.01. The third-order valence-electron chi connectivity index (χ3n) is 3.46. The molecule has 1 atom stereocenters. The van der Waals surface area contributed by atoms with Gasteiger partial charge in [0.05, 0.1) is 12.1 Å². The van der Waals surface area contributed by atoms with Crippen LogP contribution in [0, 0.1) is 5.92 Å². The van der Waals surface area contributed by atoms with Crippen LogP contribution >= 0.6 is 11.8 Å². The smallest absolute Gasteiger partial charge is 0.0624 e. The zero-order valence-electron chi connectivity index (χ0n) is 11.2. The third kappa shape index (κ3) is 3.50. The maximum atomic E-state index is 9.84. The summed E-state index contributed by atoms with van der Waals surface area (Å²) in [4.78, 5) is 1.28. The second kappa shape index (κ2) is 6.09. The van der Waals surface area contributed by atoms with Gasteiger partial charge in [-0.2, -0.15) is 0 Å². The first-order valence-corrected chi connectivity index (χ1v) is 7.71. The van der Waals surface area contributed by atoms with Gasteiger partial charge in [-0.3, -0.25) is 0 Å². The Bertz CT molecular complexity index is 364. The molecule has 0 bridgehead atoms. The van der Waals surface area contributed by atoms with Crippen molar-refractivity contribution in [2.75, 3.05) is 12.4 Å². The summed E-state index contributed by atoms with van der Waals surface area (Å²) in [5.74, 6) is 1.58. The minimum Gasteiger partial charge on any atom is -0.394 e. The van der Waals surface area contributed by atoms with Gasteiger partial charge in [0.2, 0.25) is 0 Å². The Hall–Kier alpha value is -0.510. The molecule has 2 N–H and O–H groups in total. The van der Waals surface area contributed by atoms with Gasteiger partial charge < -0.3 is 10.4 Å². The second-order valence-electron chi connectivity index (χ2n) is 5.49. The van der Waals surface area contributed by atoms with E-state index >= 15 is 0 Å². The van der Waals surface area contributed by atoms with Gasteiger partial charge in [-0.1, -0.05) is 32.0 Å². The molecular formula is C15H23NOS. The number of benzene rings is 1. The van der Waals surface area contributed by atoms with E-state index in [4.69, 9.17) is 0 Å². The van der Waals surface area contributed by atoms with Crippen LogP contribution in [0.5, 0.6) is 0 Å². The van der Waals surface area contributed by atoms with Crippen LogP contribution in [0.4, 0.5) is 0 Å². The highest BCUT2D eigenvalue weighted by Gasteiger charge is 2.44. The number of aliphatic hydroxyl groups excluding tert-OH is 1. The van der Waals surface area contributed by atoms with E-state index in [0.29, 0.717) is 12.0 Å². The quantitative estimate of drug-likeness (QED) is 0.744. The number of hydrogen-bond acceptors (Lipinski definition) is 3. The van der Waals surface area contributed by atoms with Crippen molar-refractivity contribution in [3.05, 3.63) is 30.3 Å². The maximum Gasteiger partial charge on any atom is 0.0624 e. The Kier molecular flexibility index (Phi) is 4.71. The molecule has 1 saturated carbocycles. The summed E-state index contributed by atoms with van der Waals surface area (Å²) in [7, 11) is 0. The van der Waals surface area contributed by atoms with E-state index in [1.165, 1.54) is 17.7 Å². The molecule has 0 saturated heterocycles. The molecular weight excluding hydrogens is 242 g/mol. The number of rotatable bonds is 7. The highest BCUT2D eigenvalue weighted by molar-refractivity contribution is 7.99. The molecule has 18 heavy (non-hydrogen) atoms. The predicted molar refractivity (Wildman–Crippen MR) is 78.0 cm³/mol. The van der Waals surface area contributed by atoms with E-state index in [1.807, 2.05) is 17.8 Å². The molecule has 0 spiro atoms. The lowest BCUT2D eigenvalue weighted by Gasteiger charge is -2.35. The van der Waals surface area contributed by atoms with Crippen LogP contribution in [-0.2, 0) is 0 Å². The minimum absolute atomic E-state index is 0.103. The molecule has 0 amide bonds. The summed E-state index contributed by atoms with van der Waals surface area (Å²) >= 11 is 1.84. The van der Waals surface area contributed by atoms with Crippen LogP contribution in [0.3, 0.4) is 0 Å². The molecule has 1 aliphatic rings. The molecule has 0 aromatic heterocycles. The first-order chi connectivity index (χ1) is 8.66. The molecule has 2 nitrogen and oxygen atoms in total. The van der Waals surface area contributed by atoms with Crippen LogP contribution in [0.15, 0.2) is 35.2 Å². The van der Waals surface area contributed by atoms with Crippen LogP contribution in [0.25, 0.3) is 0 Å². The van der Waals surface area contributed by atoms with Gasteiger partial charge in [-0.25, -0.2) is 0 Å². The van der Waals surface area contributed by atoms with Crippen LogP contribution in [0.2, 0.25) is 0 Å². The van der Waals surface area contributed by atoms with Gasteiger partial charge in [0.15, 0.2) is 0 Å².